The van der Waals surface area contributed by atoms with Gasteiger partial charge in [-0.15, -0.1) is 11.8 Å². The largest absolute Gasteiger partial charge is 0.394 e. The van der Waals surface area contributed by atoms with Gasteiger partial charge in [-0.05, 0) is 6.42 Å². The van der Waals surface area contributed by atoms with Crippen molar-refractivity contribution in [1.82, 2.24) is 0 Å². The van der Waals surface area contributed by atoms with E-state index in [4.69, 9.17) is 19.9 Å². The summed E-state index contributed by atoms with van der Waals surface area (Å²) in [7, 11) is 1.65. The fourth-order valence-corrected chi connectivity index (χ4v) is 5.49. The van der Waals surface area contributed by atoms with Gasteiger partial charge in [0.25, 0.3) is 0 Å². The minimum absolute atomic E-state index is 0.107. The summed E-state index contributed by atoms with van der Waals surface area (Å²) in [6.07, 6.45) is 15.6. The molecule has 204 valence electrons. The van der Waals surface area contributed by atoms with E-state index in [0.717, 1.165) is 13.0 Å². The van der Waals surface area contributed by atoms with Crippen LogP contribution in [0.5, 0.6) is 0 Å². The molecule has 0 aromatic heterocycles. The Kier molecular flexibility index (Phi) is 20.0. The van der Waals surface area contributed by atoms with Crippen LogP contribution in [0.2, 0.25) is 0 Å². The Morgan fingerprint density at radius 3 is 1.88 bits per heavy atom. The van der Waals surface area contributed by atoms with Crippen LogP contribution in [0.3, 0.4) is 0 Å². The first-order valence-electron chi connectivity index (χ1n) is 13.6. The molecule has 0 saturated carbocycles. The number of aliphatic hydroxyl groups excluding tert-OH is 3. The molecule has 0 bridgehead atoms. The van der Waals surface area contributed by atoms with Crippen molar-refractivity contribution in [3.63, 3.8) is 0 Å². The van der Waals surface area contributed by atoms with E-state index >= 15 is 0 Å². The zero-order valence-corrected chi connectivity index (χ0v) is 22.6. The standard InChI is InChI=1S/C26H53NO6S/c1-3-4-5-6-7-8-9-10-11-12-13-14-15-16-17-32-19-21(31-2)20-34-26-23(27)25(30)24(29)22(18-28)33-26/h21-26,28-30H,3-20,27H2,1-2H3/t21-,22-,23-,24-,25-,26+/m1/s1. The lowest BCUT2D eigenvalue weighted by Crippen LogP contribution is -2.61. The first-order chi connectivity index (χ1) is 16.5. The highest BCUT2D eigenvalue weighted by Crippen LogP contribution is 2.28. The Hall–Kier alpha value is 0.0700. The molecule has 5 N–H and O–H groups in total. The van der Waals surface area contributed by atoms with E-state index in [1.54, 1.807) is 7.11 Å². The third kappa shape index (κ3) is 14.0. The zero-order chi connectivity index (χ0) is 25.0. The maximum atomic E-state index is 10.1. The third-order valence-corrected chi connectivity index (χ3v) is 7.97. The molecule has 1 fully saturated rings. The lowest BCUT2D eigenvalue weighted by Gasteiger charge is -2.40. The number of thioether (sulfide) groups is 1. The van der Waals surface area contributed by atoms with Crippen LogP contribution in [-0.2, 0) is 14.2 Å². The quantitative estimate of drug-likeness (QED) is 0.163. The Bertz CT molecular complexity index is 459. The smallest absolute Gasteiger partial charge is 0.121 e. The van der Waals surface area contributed by atoms with Crippen LogP contribution in [-0.4, -0.2) is 83.9 Å². The molecule has 1 rings (SSSR count). The number of unbranched alkanes of at least 4 members (excludes halogenated alkanes) is 13. The number of rotatable bonds is 22. The van der Waals surface area contributed by atoms with Gasteiger partial charge in [-0.3, -0.25) is 0 Å². The van der Waals surface area contributed by atoms with E-state index in [1.165, 1.54) is 95.2 Å². The topological polar surface area (TPSA) is 114 Å². The van der Waals surface area contributed by atoms with E-state index in [-0.39, 0.29) is 12.7 Å². The van der Waals surface area contributed by atoms with Gasteiger partial charge in [-0.1, -0.05) is 90.4 Å². The molecule has 0 unspecified atom stereocenters. The molecule has 0 aromatic carbocycles. The summed E-state index contributed by atoms with van der Waals surface area (Å²) in [5.41, 5.74) is 5.47. The monoisotopic (exact) mass is 507 g/mol. The lowest BCUT2D eigenvalue weighted by molar-refractivity contribution is -0.166. The van der Waals surface area contributed by atoms with Gasteiger partial charge in [0.05, 0.1) is 25.4 Å². The van der Waals surface area contributed by atoms with E-state index in [1.807, 2.05) is 0 Å². The fraction of sp³-hybridized carbons (Fsp3) is 1.00. The first kappa shape index (κ1) is 32.1. The molecular weight excluding hydrogens is 454 g/mol. The van der Waals surface area contributed by atoms with E-state index in [2.05, 4.69) is 6.92 Å². The van der Waals surface area contributed by atoms with E-state index in [0.29, 0.717) is 12.4 Å². The van der Waals surface area contributed by atoms with Gasteiger partial charge in [0, 0.05) is 19.5 Å². The molecule has 0 spiro atoms. The van der Waals surface area contributed by atoms with Crippen molar-refractivity contribution >= 4 is 11.8 Å². The minimum atomic E-state index is -1.18. The van der Waals surface area contributed by atoms with Crippen molar-refractivity contribution in [1.29, 1.82) is 0 Å². The van der Waals surface area contributed by atoms with Crippen molar-refractivity contribution in [2.45, 2.75) is 133 Å². The summed E-state index contributed by atoms with van der Waals surface area (Å²) in [5, 5.41) is 29.3. The van der Waals surface area contributed by atoms with Crippen molar-refractivity contribution in [2.75, 3.05) is 32.7 Å². The van der Waals surface area contributed by atoms with Gasteiger partial charge in [0.1, 0.15) is 23.7 Å². The fourth-order valence-electron chi connectivity index (χ4n) is 4.25. The molecule has 0 aliphatic carbocycles. The maximum absolute atomic E-state index is 10.1. The van der Waals surface area contributed by atoms with E-state index < -0.39 is 29.8 Å². The van der Waals surface area contributed by atoms with Crippen molar-refractivity contribution in [2.24, 2.45) is 5.73 Å². The summed E-state index contributed by atoms with van der Waals surface area (Å²) in [6, 6.07) is -0.725. The Labute approximate surface area is 212 Å². The second-order valence-corrected chi connectivity index (χ2v) is 10.8. The summed E-state index contributed by atoms with van der Waals surface area (Å²) < 4.78 is 16.9. The number of hydrogen-bond acceptors (Lipinski definition) is 8. The van der Waals surface area contributed by atoms with Crippen LogP contribution < -0.4 is 5.73 Å². The Morgan fingerprint density at radius 1 is 0.853 bits per heavy atom. The molecule has 0 radical (unpaired) electrons. The van der Waals surface area contributed by atoms with Crippen LogP contribution in [0.4, 0.5) is 0 Å². The van der Waals surface area contributed by atoms with Crippen molar-refractivity contribution in [3.8, 4) is 0 Å². The third-order valence-electron chi connectivity index (χ3n) is 6.65. The maximum Gasteiger partial charge on any atom is 0.121 e. The molecule has 1 heterocycles. The van der Waals surface area contributed by atoms with Crippen LogP contribution >= 0.6 is 11.8 Å². The van der Waals surface area contributed by atoms with Crippen molar-refractivity contribution < 1.29 is 29.5 Å². The molecule has 34 heavy (non-hydrogen) atoms. The van der Waals surface area contributed by atoms with Crippen LogP contribution in [0, 0.1) is 0 Å². The van der Waals surface area contributed by atoms with Gasteiger partial charge in [0.15, 0.2) is 0 Å². The molecule has 7 nitrogen and oxygen atoms in total. The average molecular weight is 508 g/mol. The summed E-state index contributed by atoms with van der Waals surface area (Å²) in [5.74, 6) is 0.592. The van der Waals surface area contributed by atoms with Gasteiger partial charge < -0.3 is 35.3 Å². The molecule has 0 amide bonds. The molecule has 1 aliphatic rings. The predicted octanol–water partition coefficient (Wildman–Crippen LogP) is 4.00. The number of methoxy groups -OCH3 is 1. The normalized spacial score (nSPS) is 26.1. The second-order valence-electron chi connectivity index (χ2n) is 9.65. The SMILES string of the molecule is CCCCCCCCCCCCCCCCOC[C@H](CS[C@@H]1O[C@H](CO)[C@@H](O)[C@H](O)[C@H]1N)OC. The number of aliphatic hydroxyl groups is 3. The summed E-state index contributed by atoms with van der Waals surface area (Å²) in [4.78, 5) is 0. The van der Waals surface area contributed by atoms with Gasteiger partial charge in [-0.2, -0.15) is 0 Å². The van der Waals surface area contributed by atoms with Crippen LogP contribution in [0.15, 0.2) is 0 Å². The van der Waals surface area contributed by atoms with Gasteiger partial charge in [0.2, 0.25) is 0 Å². The summed E-state index contributed by atoms with van der Waals surface area (Å²) >= 11 is 1.42. The molecule has 6 atom stereocenters. The van der Waals surface area contributed by atoms with Crippen LogP contribution in [0.1, 0.15) is 96.8 Å². The molecule has 1 saturated heterocycles. The minimum Gasteiger partial charge on any atom is -0.394 e. The van der Waals surface area contributed by atoms with E-state index in [9.17, 15) is 15.3 Å². The highest BCUT2D eigenvalue weighted by molar-refractivity contribution is 7.99. The molecular formula is C26H53NO6S. The van der Waals surface area contributed by atoms with Gasteiger partial charge >= 0.3 is 0 Å². The zero-order valence-electron chi connectivity index (χ0n) is 21.7. The highest BCUT2D eigenvalue weighted by atomic mass is 32.2. The average Bonchev–Trinajstić information content (AvgIpc) is 2.85. The molecule has 0 aromatic rings. The van der Waals surface area contributed by atoms with Crippen LogP contribution in [0.25, 0.3) is 0 Å². The first-order valence-corrected chi connectivity index (χ1v) is 14.7. The molecule has 8 heteroatoms. The highest BCUT2D eigenvalue weighted by Gasteiger charge is 2.42. The Balaban J connectivity index is 1.97. The Morgan fingerprint density at radius 2 is 1.38 bits per heavy atom. The van der Waals surface area contributed by atoms with Crippen molar-refractivity contribution in [3.05, 3.63) is 0 Å². The number of ether oxygens (including phenoxy) is 3. The second kappa shape index (κ2) is 21.2. The van der Waals surface area contributed by atoms with Gasteiger partial charge in [-0.25, -0.2) is 0 Å². The number of hydrogen-bond donors (Lipinski definition) is 4. The lowest BCUT2D eigenvalue weighted by atomic mass is 9.99. The summed E-state index contributed by atoms with van der Waals surface area (Å²) in [6.45, 7) is 3.14. The number of nitrogens with two attached hydrogens (primary N) is 1. The predicted molar refractivity (Wildman–Crippen MR) is 140 cm³/mol. The molecule has 1 aliphatic heterocycles.